The van der Waals surface area contributed by atoms with Crippen LogP contribution in [-0.2, 0) is 0 Å². The lowest BCUT2D eigenvalue weighted by Gasteiger charge is -2.39. The molecule has 1 aliphatic carbocycles. The Morgan fingerprint density at radius 1 is 1.26 bits per heavy atom. The lowest BCUT2D eigenvalue weighted by Crippen LogP contribution is -2.37. The zero-order valence-electron chi connectivity index (χ0n) is 12.5. The first-order chi connectivity index (χ1) is 9.02. The van der Waals surface area contributed by atoms with Crippen LogP contribution in [0.3, 0.4) is 0 Å². The van der Waals surface area contributed by atoms with E-state index in [1.807, 2.05) is 0 Å². The van der Waals surface area contributed by atoms with Gasteiger partial charge in [0.15, 0.2) is 0 Å². The van der Waals surface area contributed by atoms with Crippen LogP contribution in [0.5, 0.6) is 5.75 Å². The summed E-state index contributed by atoms with van der Waals surface area (Å²) >= 11 is 0. The molecule has 1 saturated carbocycles. The molecule has 2 nitrogen and oxygen atoms in total. The number of hydrogen-bond donors (Lipinski definition) is 1. The molecule has 2 atom stereocenters. The van der Waals surface area contributed by atoms with Crippen LogP contribution in [0.1, 0.15) is 57.9 Å². The Bertz CT molecular complexity index is 396. The highest BCUT2D eigenvalue weighted by atomic mass is 16.5. The fourth-order valence-corrected chi connectivity index (χ4v) is 3.00. The molecule has 19 heavy (non-hydrogen) atoms. The van der Waals surface area contributed by atoms with Crippen LogP contribution in [0.15, 0.2) is 24.3 Å². The normalized spacial score (nSPS) is 26.1. The third-order valence-corrected chi connectivity index (χ3v) is 4.22. The van der Waals surface area contributed by atoms with Crippen LogP contribution >= 0.6 is 0 Å². The summed E-state index contributed by atoms with van der Waals surface area (Å²) in [6, 6.07) is 8.85. The maximum Gasteiger partial charge on any atom is 0.119 e. The average molecular weight is 261 g/mol. The molecule has 0 aromatic heterocycles. The molecule has 2 unspecified atom stereocenters. The first-order valence-electron chi connectivity index (χ1n) is 7.50. The lowest BCUT2D eigenvalue weighted by atomic mass is 9.68. The molecule has 2 N–H and O–H groups in total. The lowest BCUT2D eigenvalue weighted by molar-refractivity contribution is 0.198. The summed E-state index contributed by atoms with van der Waals surface area (Å²) in [4.78, 5) is 0. The highest BCUT2D eigenvalue weighted by Crippen LogP contribution is 2.42. The highest BCUT2D eigenvalue weighted by Gasteiger charge is 2.33. The van der Waals surface area contributed by atoms with Crippen molar-refractivity contribution in [1.82, 2.24) is 0 Å². The molecule has 0 spiro atoms. The van der Waals surface area contributed by atoms with E-state index in [9.17, 15) is 0 Å². The van der Waals surface area contributed by atoms with Gasteiger partial charge < -0.3 is 10.5 Å². The second kappa shape index (κ2) is 5.96. The van der Waals surface area contributed by atoms with E-state index < -0.39 is 0 Å². The number of benzene rings is 1. The highest BCUT2D eigenvalue weighted by molar-refractivity contribution is 5.31. The summed E-state index contributed by atoms with van der Waals surface area (Å²) < 4.78 is 5.63. The van der Waals surface area contributed by atoms with Crippen LogP contribution in [0, 0.1) is 5.41 Å². The van der Waals surface area contributed by atoms with Gasteiger partial charge in [0.25, 0.3) is 0 Å². The largest absolute Gasteiger partial charge is 0.494 e. The molecule has 0 bridgehead atoms. The number of ether oxygens (including phenoxy) is 1. The molecule has 1 fully saturated rings. The van der Waals surface area contributed by atoms with Gasteiger partial charge in [-0.1, -0.05) is 32.9 Å². The predicted molar refractivity (Wildman–Crippen MR) is 80.6 cm³/mol. The summed E-state index contributed by atoms with van der Waals surface area (Å²) in [6.07, 6.45) is 4.60. The third-order valence-electron chi connectivity index (χ3n) is 4.22. The second-order valence-corrected chi connectivity index (χ2v) is 6.59. The van der Waals surface area contributed by atoms with Crippen LogP contribution in [0.4, 0.5) is 0 Å². The van der Waals surface area contributed by atoms with E-state index in [0.717, 1.165) is 25.2 Å². The van der Waals surface area contributed by atoms with Crippen molar-refractivity contribution in [3.05, 3.63) is 29.8 Å². The number of nitrogens with two attached hydrogens (primary N) is 1. The molecule has 106 valence electrons. The minimum atomic E-state index is 0.301. The van der Waals surface area contributed by atoms with Crippen molar-refractivity contribution in [3.63, 3.8) is 0 Å². The van der Waals surface area contributed by atoms with Gasteiger partial charge in [-0.05, 0) is 54.7 Å². The standard InChI is InChI=1S/C17H27NO/c1-4-11-19-14-7-5-13(6-8-14)15-12-17(2,3)10-9-16(15)18/h5-8,15-16H,4,9-12,18H2,1-3H3. The van der Waals surface area contributed by atoms with Crippen molar-refractivity contribution in [3.8, 4) is 5.75 Å². The molecule has 2 heteroatoms. The fraction of sp³-hybridized carbons (Fsp3) is 0.647. The minimum absolute atomic E-state index is 0.301. The van der Waals surface area contributed by atoms with Gasteiger partial charge in [-0.25, -0.2) is 0 Å². The van der Waals surface area contributed by atoms with E-state index >= 15 is 0 Å². The third kappa shape index (κ3) is 3.73. The quantitative estimate of drug-likeness (QED) is 0.885. The van der Waals surface area contributed by atoms with Crippen LogP contribution in [-0.4, -0.2) is 12.6 Å². The van der Waals surface area contributed by atoms with E-state index in [0.29, 0.717) is 17.4 Å². The molecule has 1 aliphatic rings. The van der Waals surface area contributed by atoms with Gasteiger partial charge in [-0.15, -0.1) is 0 Å². The minimum Gasteiger partial charge on any atom is -0.494 e. The van der Waals surface area contributed by atoms with E-state index in [-0.39, 0.29) is 0 Å². The number of hydrogen-bond acceptors (Lipinski definition) is 2. The summed E-state index contributed by atoms with van der Waals surface area (Å²) in [5, 5.41) is 0. The SMILES string of the molecule is CCCOc1ccc(C2CC(C)(C)CCC2N)cc1. The summed E-state index contributed by atoms with van der Waals surface area (Å²) in [5.74, 6) is 1.46. The Hall–Kier alpha value is -1.02. The molecule has 0 heterocycles. The fourth-order valence-electron chi connectivity index (χ4n) is 3.00. The van der Waals surface area contributed by atoms with Gasteiger partial charge in [0, 0.05) is 6.04 Å². The molecular weight excluding hydrogens is 234 g/mol. The molecule has 1 aromatic carbocycles. The maximum absolute atomic E-state index is 6.32. The van der Waals surface area contributed by atoms with Gasteiger partial charge in [0.2, 0.25) is 0 Å². The van der Waals surface area contributed by atoms with Crippen molar-refractivity contribution >= 4 is 0 Å². The zero-order chi connectivity index (χ0) is 13.9. The maximum atomic E-state index is 6.32. The van der Waals surface area contributed by atoms with Crippen molar-refractivity contribution < 1.29 is 4.74 Å². The van der Waals surface area contributed by atoms with Gasteiger partial charge in [0.05, 0.1) is 6.61 Å². The van der Waals surface area contributed by atoms with Crippen LogP contribution in [0.25, 0.3) is 0 Å². The predicted octanol–water partition coefficient (Wildman–Crippen LogP) is 4.10. The van der Waals surface area contributed by atoms with Crippen molar-refractivity contribution in [2.24, 2.45) is 11.1 Å². The number of rotatable bonds is 4. The van der Waals surface area contributed by atoms with Crippen molar-refractivity contribution in [2.75, 3.05) is 6.61 Å². The average Bonchev–Trinajstić information content (AvgIpc) is 2.40. The Balaban J connectivity index is 2.07. The molecule has 2 rings (SSSR count). The summed E-state index contributed by atoms with van der Waals surface area (Å²) in [5.41, 5.74) is 8.10. The Morgan fingerprint density at radius 2 is 1.95 bits per heavy atom. The summed E-state index contributed by atoms with van der Waals surface area (Å²) in [7, 11) is 0. The Labute approximate surface area is 117 Å². The van der Waals surface area contributed by atoms with E-state index in [2.05, 4.69) is 45.0 Å². The molecule has 0 radical (unpaired) electrons. The topological polar surface area (TPSA) is 35.2 Å². The molecule has 0 aliphatic heterocycles. The monoisotopic (exact) mass is 261 g/mol. The Kier molecular flexibility index (Phi) is 4.51. The molecular formula is C17H27NO. The van der Waals surface area contributed by atoms with E-state index in [1.54, 1.807) is 0 Å². The Morgan fingerprint density at radius 3 is 2.58 bits per heavy atom. The van der Waals surface area contributed by atoms with Gasteiger partial charge >= 0.3 is 0 Å². The van der Waals surface area contributed by atoms with Crippen LogP contribution in [0.2, 0.25) is 0 Å². The van der Waals surface area contributed by atoms with Gasteiger partial charge in [0.1, 0.15) is 5.75 Å². The van der Waals surface area contributed by atoms with E-state index in [1.165, 1.54) is 18.4 Å². The first kappa shape index (κ1) is 14.4. The molecule has 0 saturated heterocycles. The van der Waals surface area contributed by atoms with Crippen molar-refractivity contribution in [1.29, 1.82) is 0 Å². The van der Waals surface area contributed by atoms with Crippen molar-refractivity contribution in [2.45, 2.75) is 58.4 Å². The molecule has 0 amide bonds. The smallest absolute Gasteiger partial charge is 0.119 e. The second-order valence-electron chi connectivity index (χ2n) is 6.59. The van der Waals surface area contributed by atoms with Crippen LogP contribution < -0.4 is 10.5 Å². The summed E-state index contributed by atoms with van der Waals surface area (Å²) in [6.45, 7) is 7.61. The molecule has 1 aromatic rings. The van der Waals surface area contributed by atoms with E-state index in [4.69, 9.17) is 10.5 Å². The van der Waals surface area contributed by atoms with Gasteiger partial charge in [-0.2, -0.15) is 0 Å². The first-order valence-corrected chi connectivity index (χ1v) is 7.50. The van der Waals surface area contributed by atoms with Gasteiger partial charge in [-0.3, -0.25) is 0 Å². The zero-order valence-corrected chi connectivity index (χ0v) is 12.5.